The van der Waals surface area contributed by atoms with Gasteiger partial charge in [-0.1, -0.05) is 18.9 Å². The lowest BCUT2D eigenvalue weighted by atomic mass is 9.65. The van der Waals surface area contributed by atoms with Crippen molar-refractivity contribution in [3.63, 3.8) is 0 Å². The van der Waals surface area contributed by atoms with E-state index in [1.54, 1.807) is 14.2 Å². The summed E-state index contributed by atoms with van der Waals surface area (Å²) in [6, 6.07) is 10.2. The molecule has 3 fully saturated rings. The van der Waals surface area contributed by atoms with Crippen molar-refractivity contribution >= 4 is 11.7 Å². The van der Waals surface area contributed by atoms with Crippen LogP contribution in [0.4, 0.5) is 19.3 Å². The number of anilines is 1. The maximum atomic E-state index is 13.6. The molecule has 0 spiro atoms. The summed E-state index contributed by atoms with van der Waals surface area (Å²) in [5.41, 5.74) is 1.50. The number of nitrogens with one attached hydrogen (secondary N) is 2. The van der Waals surface area contributed by atoms with E-state index in [2.05, 4.69) is 27.7 Å². The molecule has 0 unspecified atom stereocenters. The van der Waals surface area contributed by atoms with Gasteiger partial charge in [0.15, 0.2) is 23.1 Å². The van der Waals surface area contributed by atoms with Gasteiger partial charge in [-0.2, -0.15) is 0 Å². The van der Waals surface area contributed by atoms with Gasteiger partial charge in [0.25, 0.3) is 0 Å². The minimum atomic E-state index is -0.983. The molecule has 2 N–H and O–H groups in total. The van der Waals surface area contributed by atoms with Crippen LogP contribution in [-0.2, 0) is 5.41 Å². The molecule has 36 heavy (non-hydrogen) atoms. The summed E-state index contributed by atoms with van der Waals surface area (Å²) < 4.78 is 37.9. The van der Waals surface area contributed by atoms with Gasteiger partial charge in [0.05, 0.1) is 14.2 Å². The molecule has 3 aliphatic rings. The fourth-order valence-electron chi connectivity index (χ4n) is 6.80. The van der Waals surface area contributed by atoms with Crippen LogP contribution in [0.3, 0.4) is 0 Å². The van der Waals surface area contributed by atoms with Crippen molar-refractivity contribution in [2.24, 2.45) is 0 Å². The molecule has 2 aromatic rings. The Bertz CT molecular complexity index is 1110. The van der Waals surface area contributed by atoms with Crippen LogP contribution in [0.15, 0.2) is 36.4 Å². The smallest absolute Gasteiger partial charge is 0.319 e. The second kappa shape index (κ2) is 10.2. The molecular formula is C28H35F2N3O3. The molecule has 1 aliphatic heterocycles. The van der Waals surface area contributed by atoms with Crippen LogP contribution in [-0.4, -0.2) is 49.8 Å². The summed E-state index contributed by atoms with van der Waals surface area (Å²) >= 11 is 0. The van der Waals surface area contributed by atoms with Crippen LogP contribution in [0, 0.1) is 11.6 Å². The monoisotopic (exact) mass is 499 g/mol. The summed E-state index contributed by atoms with van der Waals surface area (Å²) in [5, 5.41) is 5.75. The van der Waals surface area contributed by atoms with Gasteiger partial charge >= 0.3 is 6.03 Å². The number of hydrogen-bond donors (Lipinski definition) is 2. The predicted molar refractivity (Wildman–Crippen MR) is 135 cm³/mol. The summed E-state index contributed by atoms with van der Waals surface area (Å²) in [6.07, 6.45) is 8.72. The maximum Gasteiger partial charge on any atom is 0.319 e. The first kappa shape index (κ1) is 24.8. The summed E-state index contributed by atoms with van der Waals surface area (Å²) in [6.45, 7) is 1.05. The van der Waals surface area contributed by atoms with Crippen LogP contribution in [0.2, 0.25) is 0 Å². The zero-order chi connectivity index (χ0) is 25.3. The van der Waals surface area contributed by atoms with Gasteiger partial charge in [0, 0.05) is 35.3 Å². The third kappa shape index (κ3) is 4.63. The van der Waals surface area contributed by atoms with Crippen LogP contribution in [0.1, 0.15) is 56.9 Å². The van der Waals surface area contributed by atoms with Crippen molar-refractivity contribution in [2.75, 3.05) is 26.1 Å². The average molecular weight is 500 g/mol. The minimum Gasteiger partial charge on any atom is -0.493 e. The standard InChI is InChI=1S/C28H35F2N3O3/c1-35-24-10-7-18(15-25(24)36-2)28-12-11-20(17-26(28)33(14-13-28)21-5-3-4-6-21)32-27(34)31-19-8-9-22(29)23(30)16-19/h7-10,15-16,20-21,26H,3-6,11-14,17H2,1-2H3,(H2,31,32,34)/t20-,26+,28+/m1/s1. The van der Waals surface area contributed by atoms with Gasteiger partial charge in [-0.05, 0) is 74.9 Å². The molecule has 2 aliphatic carbocycles. The van der Waals surface area contributed by atoms with E-state index in [0.29, 0.717) is 12.1 Å². The Morgan fingerprint density at radius 3 is 2.47 bits per heavy atom. The Hall–Kier alpha value is -2.87. The normalized spacial score (nSPS) is 26.4. The lowest BCUT2D eigenvalue weighted by Crippen LogP contribution is -2.54. The van der Waals surface area contributed by atoms with Crippen molar-refractivity contribution in [3.05, 3.63) is 53.6 Å². The van der Waals surface area contributed by atoms with Crippen molar-refractivity contribution < 1.29 is 23.0 Å². The first-order valence-corrected chi connectivity index (χ1v) is 12.9. The van der Waals surface area contributed by atoms with E-state index < -0.39 is 17.7 Å². The van der Waals surface area contributed by atoms with Crippen LogP contribution in [0.25, 0.3) is 0 Å². The highest BCUT2D eigenvalue weighted by Gasteiger charge is 2.53. The second-order valence-corrected chi connectivity index (χ2v) is 10.4. The van der Waals surface area contributed by atoms with E-state index >= 15 is 0 Å². The Kier molecular flexibility index (Phi) is 7.06. The van der Waals surface area contributed by atoms with Crippen LogP contribution in [0.5, 0.6) is 11.5 Å². The molecular weight excluding hydrogens is 464 g/mol. The van der Waals surface area contributed by atoms with Gasteiger partial charge in [0.2, 0.25) is 0 Å². The molecule has 0 radical (unpaired) electrons. The van der Waals surface area contributed by atoms with E-state index in [0.717, 1.165) is 55.9 Å². The number of methoxy groups -OCH3 is 2. The number of benzene rings is 2. The fourth-order valence-corrected chi connectivity index (χ4v) is 6.80. The molecule has 2 amide bonds. The highest BCUT2D eigenvalue weighted by atomic mass is 19.2. The molecule has 0 aromatic heterocycles. The number of carbonyl (C=O) groups is 1. The molecule has 8 heteroatoms. The van der Waals surface area contributed by atoms with Gasteiger partial charge in [-0.25, -0.2) is 13.6 Å². The first-order valence-electron chi connectivity index (χ1n) is 12.9. The molecule has 2 saturated carbocycles. The number of ether oxygens (including phenoxy) is 2. The summed E-state index contributed by atoms with van der Waals surface area (Å²) in [7, 11) is 3.32. The lowest BCUT2D eigenvalue weighted by Gasteiger charge is -2.47. The van der Waals surface area contributed by atoms with Crippen molar-refractivity contribution in [1.29, 1.82) is 0 Å². The molecule has 194 valence electrons. The van der Waals surface area contributed by atoms with Gasteiger partial charge in [-0.3, -0.25) is 4.90 Å². The molecule has 1 saturated heterocycles. The first-order chi connectivity index (χ1) is 17.4. The zero-order valence-corrected chi connectivity index (χ0v) is 21.0. The van der Waals surface area contributed by atoms with Gasteiger partial charge in [0.1, 0.15) is 0 Å². The quantitative estimate of drug-likeness (QED) is 0.542. The number of amides is 2. The van der Waals surface area contributed by atoms with Crippen LogP contribution >= 0.6 is 0 Å². The highest BCUT2D eigenvalue weighted by Crippen LogP contribution is 2.52. The third-order valence-corrected chi connectivity index (χ3v) is 8.57. The largest absolute Gasteiger partial charge is 0.493 e. The topological polar surface area (TPSA) is 62.8 Å². The molecule has 1 heterocycles. The van der Waals surface area contributed by atoms with Crippen molar-refractivity contribution in [2.45, 2.75) is 74.9 Å². The number of halogens is 2. The molecule has 3 atom stereocenters. The molecule has 0 bridgehead atoms. The second-order valence-electron chi connectivity index (χ2n) is 10.4. The summed E-state index contributed by atoms with van der Waals surface area (Å²) in [4.78, 5) is 15.4. The SMILES string of the molecule is COc1ccc([C@@]23CC[C@@H](NC(=O)Nc4ccc(F)c(F)c4)C[C@@H]2N(C2CCCC2)CC3)cc1OC. The Morgan fingerprint density at radius 1 is 0.972 bits per heavy atom. The van der Waals surface area contributed by atoms with Gasteiger partial charge in [-0.15, -0.1) is 0 Å². The highest BCUT2D eigenvalue weighted by molar-refractivity contribution is 5.89. The summed E-state index contributed by atoms with van der Waals surface area (Å²) in [5.74, 6) is -0.450. The van der Waals surface area contributed by atoms with E-state index in [4.69, 9.17) is 9.47 Å². The number of rotatable bonds is 6. The Morgan fingerprint density at radius 2 is 1.75 bits per heavy atom. The number of urea groups is 1. The van der Waals surface area contributed by atoms with E-state index in [9.17, 15) is 13.6 Å². The Balaban J connectivity index is 1.36. The van der Waals surface area contributed by atoms with E-state index in [1.807, 2.05) is 6.07 Å². The lowest BCUT2D eigenvalue weighted by molar-refractivity contribution is 0.102. The number of likely N-dealkylation sites (tertiary alicyclic amines) is 1. The molecule has 5 rings (SSSR count). The van der Waals surface area contributed by atoms with E-state index in [1.165, 1.54) is 37.3 Å². The number of fused-ring (bicyclic) bond motifs is 1. The number of nitrogens with zero attached hydrogens (tertiary/aromatic N) is 1. The van der Waals surface area contributed by atoms with Crippen LogP contribution < -0.4 is 20.1 Å². The third-order valence-electron chi connectivity index (χ3n) is 8.57. The minimum absolute atomic E-state index is 0.00309. The average Bonchev–Trinajstić information content (AvgIpc) is 3.54. The molecule has 6 nitrogen and oxygen atoms in total. The predicted octanol–water partition coefficient (Wildman–Crippen LogP) is 5.61. The maximum absolute atomic E-state index is 13.6. The molecule has 2 aromatic carbocycles. The number of hydrogen-bond acceptors (Lipinski definition) is 4. The zero-order valence-electron chi connectivity index (χ0n) is 21.0. The van der Waals surface area contributed by atoms with Crippen molar-refractivity contribution in [1.82, 2.24) is 10.2 Å². The Labute approximate surface area is 211 Å². The van der Waals surface area contributed by atoms with Gasteiger partial charge < -0.3 is 20.1 Å². The van der Waals surface area contributed by atoms with E-state index in [-0.39, 0.29) is 17.1 Å². The van der Waals surface area contributed by atoms with Crippen molar-refractivity contribution in [3.8, 4) is 11.5 Å². The fraction of sp³-hybridized carbons (Fsp3) is 0.536. The number of carbonyl (C=O) groups excluding carboxylic acids is 1.